The molecule has 0 bridgehead atoms. The standard InChI is InChI=1S/C16H25N3O2/c1-13(9-15-12-21-8-7-17-15)18-11-16(20)19-10-14-5-3-2-4-6-14/h2-6,13,15,17-18H,7-12H2,1H3,(H,19,20). The van der Waals surface area contributed by atoms with Gasteiger partial charge in [-0.05, 0) is 18.9 Å². The Hall–Kier alpha value is -1.43. The van der Waals surface area contributed by atoms with E-state index < -0.39 is 0 Å². The SMILES string of the molecule is CC(CC1COCCN1)NCC(=O)NCc1ccccc1. The zero-order chi connectivity index (χ0) is 14.9. The highest BCUT2D eigenvalue weighted by Crippen LogP contribution is 2.02. The summed E-state index contributed by atoms with van der Waals surface area (Å²) in [4.78, 5) is 11.8. The van der Waals surface area contributed by atoms with Crippen molar-refractivity contribution in [2.24, 2.45) is 0 Å². The van der Waals surface area contributed by atoms with Gasteiger partial charge in [0.15, 0.2) is 0 Å². The molecule has 2 atom stereocenters. The lowest BCUT2D eigenvalue weighted by atomic mass is 10.1. The number of carbonyl (C=O) groups excluding carboxylic acids is 1. The van der Waals surface area contributed by atoms with Crippen molar-refractivity contribution in [3.05, 3.63) is 35.9 Å². The van der Waals surface area contributed by atoms with Crippen LogP contribution in [-0.2, 0) is 16.1 Å². The summed E-state index contributed by atoms with van der Waals surface area (Å²) < 4.78 is 5.43. The van der Waals surface area contributed by atoms with E-state index in [-0.39, 0.29) is 11.9 Å². The van der Waals surface area contributed by atoms with Crippen LogP contribution in [0.5, 0.6) is 0 Å². The first kappa shape index (κ1) is 15.9. The van der Waals surface area contributed by atoms with E-state index in [1.54, 1.807) is 0 Å². The number of hydrogen-bond donors (Lipinski definition) is 3. The van der Waals surface area contributed by atoms with Crippen LogP contribution in [0.4, 0.5) is 0 Å². The molecular formula is C16H25N3O2. The molecule has 0 radical (unpaired) electrons. The molecule has 1 saturated heterocycles. The largest absolute Gasteiger partial charge is 0.379 e. The first-order chi connectivity index (χ1) is 10.2. The van der Waals surface area contributed by atoms with E-state index in [0.717, 1.165) is 31.7 Å². The summed E-state index contributed by atoms with van der Waals surface area (Å²) in [6.07, 6.45) is 0.964. The fraction of sp³-hybridized carbons (Fsp3) is 0.562. The Balaban J connectivity index is 1.59. The Morgan fingerprint density at radius 1 is 1.43 bits per heavy atom. The molecule has 1 aliphatic rings. The summed E-state index contributed by atoms with van der Waals surface area (Å²) >= 11 is 0. The number of nitrogens with one attached hydrogen (secondary N) is 3. The molecule has 0 saturated carbocycles. The van der Waals surface area contributed by atoms with Gasteiger partial charge in [-0.15, -0.1) is 0 Å². The number of hydrogen-bond acceptors (Lipinski definition) is 4. The van der Waals surface area contributed by atoms with E-state index in [1.807, 2.05) is 30.3 Å². The lowest BCUT2D eigenvalue weighted by Gasteiger charge is -2.26. The molecule has 1 heterocycles. The van der Waals surface area contributed by atoms with Gasteiger partial charge in [0, 0.05) is 25.2 Å². The minimum Gasteiger partial charge on any atom is -0.379 e. The third-order valence-corrected chi connectivity index (χ3v) is 3.58. The number of amides is 1. The summed E-state index contributed by atoms with van der Waals surface area (Å²) in [6, 6.07) is 10.6. The van der Waals surface area contributed by atoms with E-state index in [9.17, 15) is 4.79 Å². The van der Waals surface area contributed by atoms with Gasteiger partial charge in [0.05, 0.1) is 19.8 Å². The number of carbonyl (C=O) groups is 1. The van der Waals surface area contributed by atoms with Crippen LogP contribution in [0, 0.1) is 0 Å². The Morgan fingerprint density at radius 3 is 2.95 bits per heavy atom. The summed E-state index contributed by atoms with van der Waals surface area (Å²) in [6.45, 7) is 5.48. The minimum atomic E-state index is 0.0264. The van der Waals surface area contributed by atoms with Gasteiger partial charge in [-0.1, -0.05) is 30.3 Å². The molecule has 0 aliphatic carbocycles. The van der Waals surface area contributed by atoms with E-state index in [1.165, 1.54) is 0 Å². The summed E-state index contributed by atoms with van der Waals surface area (Å²) in [7, 11) is 0. The van der Waals surface area contributed by atoms with E-state index in [4.69, 9.17) is 4.74 Å². The van der Waals surface area contributed by atoms with Crippen molar-refractivity contribution >= 4 is 5.91 Å². The first-order valence-corrected chi connectivity index (χ1v) is 7.59. The number of rotatable bonds is 7. The molecule has 21 heavy (non-hydrogen) atoms. The topological polar surface area (TPSA) is 62.4 Å². The van der Waals surface area contributed by atoms with Crippen LogP contribution in [-0.4, -0.2) is 44.3 Å². The summed E-state index contributed by atoms with van der Waals surface area (Å²) in [5.74, 6) is 0.0264. The predicted molar refractivity (Wildman–Crippen MR) is 83.0 cm³/mol. The third kappa shape index (κ3) is 6.25. The van der Waals surface area contributed by atoms with Crippen LogP contribution in [0.25, 0.3) is 0 Å². The van der Waals surface area contributed by atoms with Crippen LogP contribution in [0.15, 0.2) is 30.3 Å². The molecule has 2 unspecified atom stereocenters. The van der Waals surface area contributed by atoms with Gasteiger partial charge >= 0.3 is 0 Å². The molecule has 1 aromatic carbocycles. The van der Waals surface area contributed by atoms with Crippen LogP contribution in [0.3, 0.4) is 0 Å². The second kappa shape index (κ2) is 8.77. The highest BCUT2D eigenvalue weighted by Gasteiger charge is 2.16. The average molecular weight is 291 g/mol. The fourth-order valence-corrected chi connectivity index (χ4v) is 2.41. The Kier molecular flexibility index (Phi) is 6.66. The number of benzene rings is 1. The van der Waals surface area contributed by atoms with E-state index in [2.05, 4.69) is 22.9 Å². The summed E-state index contributed by atoms with van der Waals surface area (Å²) in [5.41, 5.74) is 1.11. The zero-order valence-electron chi connectivity index (χ0n) is 12.6. The fourth-order valence-electron chi connectivity index (χ4n) is 2.41. The lowest BCUT2D eigenvalue weighted by molar-refractivity contribution is -0.120. The van der Waals surface area contributed by atoms with E-state index in [0.29, 0.717) is 19.1 Å². The van der Waals surface area contributed by atoms with Gasteiger partial charge in [-0.25, -0.2) is 0 Å². The predicted octanol–water partition coefficient (Wildman–Crippen LogP) is 0.659. The molecule has 1 aliphatic heterocycles. The van der Waals surface area contributed by atoms with Gasteiger partial charge in [0.1, 0.15) is 0 Å². The Morgan fingerprint density at radius 2 is 2.24 bits per heavy atom. The zero-order valence-corrected chi connectivity index (χ0v) is 12.6. The molecule has 1 aromatic rings. The van der Waals surface area contributed by atoms with Gasteiger partial charge in [-0.2, -0.15) is 0 Å². The molecule has 2 rings (SSSR count). The van der Waals surface area contributed by atoms with Crippen LogP contribution >= 0.6 is 0 Å². The third-order valence-electron chi connectivity index (χ3n) is 3.58. The second-order valence-electron chi connectivity index (χ2n) is 5.51. The summed E-state index contributed by atoms with van der Waals surface area (Å²) in [5, 5.41) is 9.59. The Labute approximate surface area is 126 Å². The molecule has 0 spiro atoms. The molecule has 1 amide bonds. The molecule has 5 nitrogen and oxygen atoms in total. The average Bonchev–Trinajstić information content (AvgIpc) is 2.53. The normalized spacial score (nSPS) is 20.0. The van der Waals surface area contributed by atoms with Crippen molar-refractivity contribution in [1.29, 1.82) is 0 Å². The number of ether oxygens (including phenoxy) is 1. The maximum Gasteiger partial charge on any atom is 0.234 e. The highest BCUT2D eigenvalue weighted by atomic mass is 16.5. The second-order valence-corrected chi connectivity index (χ2v) is 5.51. The first-order valence-electron chi connectivity index (χ1n) is 7.59. The molecule has 5 heteroatoms. The Bertz CT molecular complexity index is 419. The number of morpholine rings is 1. The van der Waals surface area contributed by atoms with Crippen molar-refractivity contribution in [3.63, 3.8) is 0 Å². The van der Waals surface area contributed by atoms with Gasteiger partial charge < -0.3 is 20.7 Å². The molecular weight excluding hydrogens is 266 g/mol. The van der Waals surface area contributed by atoms with Crippen LogP contribution in [0.2, 0.25) is 0 Å². The van der Waals surface area contributed by atoms with Gasteiger partial charge in [0.2, 0.25) is 5.91 Å². The maximum atomic E-state index is 11.8. The van der Waals surface area contributed by atoms with Crippen molar-refractivity contribution in [2.75, 3.05) is 26.3 Å². The molecule has 0 aromatic heterocycles. The highest BCUT2D eigenvalue weighted by molar-refractivity contribution is 5.77. The minimum absolute atomic E-state index is 0.0264. The van der Waals surface area contributed by atoms with Gasteiger partial charge in [0.25, 0.3) is 0 Å². The molecule has 116 valence electrons. The quantitative estimate of drug-likeness (QED) is 0.690. The molecule has 3 N–H and O–H groups in total. The molecule has 1 fully saturated rings. The monoisotopic (exact) mass is 291 g/mol. The maximum absolute atomic E-state index is 11.8. The van der Waals surface area contributed by atoms with Crippen molar-refractivity contribution < 1.29 is 9.53 Å². The van der Waals surface area contributed by atoms with Crippen molar-refractivity contribution in [3.8, 4) is 0 Å². The van der Waals surface area contributed by atoms with E-state index >= 15 is 0 Å². The van der Waals surface area contributed by atoms with Crippen LogP contribution < -0.4 is 16.0 Å². The smallest absolute Gasteiger partial charge is 0.234 e. The van der Waals surface area contributed by atoms with Crippen molar-refractivity contribution in [2.45, 2.75) is 32.0 Å². The van der Waals surface area contributed by atoms with Gasteiger partial charge in [-0.3, -0.25) is 4.79 Å². The lowest BCUT2D eigenvalue weighted by Crippen LogP contribution is -2.46. The van der Waals surface area contributed by atoms with Crippen LogP contribution in [0.1, 0.15) is 18.9 Å². The van der Waals surface area contributed by atoms with Crippen molar-refractivity contribution in [1.82, 2.24) is 16.0 Å².